The van der Waals surface area contributed by atoms with Crippen LogP contribution in [0, 0.1) is 0 Å². The van der Waals surface area contributed by atoms with Crippen molar-refractivity contribution in [3.8, 4) is 17.2 Å². The molecule has 0 aliphatic carbocycles. The lowest BCUT2D eigenvalue weighted by molar-refractivity contribution is -0.121. The van der Waals surface area contributed by atoms with E-state index >= 15 is 0 Å². The topological polar surface area (TPSA) is 85.9 Å². The van der Waals surface area contributed by atoms with Crippen LogP contribution in [0.5, 0.6) is 17.2 Å². The molecule has 0 saturated heterocycles. The number of amides is 2. The van der Waals surface area contributed by atoms with Gasteiger partial charge in [0.05, 0.1) is 20.8 Å². The first-order chi connectivity index (χ1) is 13.1. The number of carbonyl (C=O) groups excluding carboxylic acids is 2. The highest BCUT2D eigenvalue weighted by atomic mass is 16.5. The zero-order valence-electron chi connectivity index (χ0n) is 15.7. The van der Waals surface area contributed by atoms with E-state index < -0.39 is 5.91 Å². The van der Waals surface area contributed by atoms with Gasteiger partial charge < -0.3 is 14.2 Å². The van der Waals surface area contributed by atoms with E-state index in [0.717, 1.165) is 11.3 Å². The lowest BCUT2D eigenvalue weighted by Crippen LogP contribution is -2.41. The number of methoxy groups -OCH3 is 2. The van der Waals surface area contributed by atoms with Crippen molar-refractivity contribution in [3.05, 3.63) is 53.6 Å². The molecule has 2 N–H and O–H groups in total. The van der Waals surface area contributed by atoms with Gasteiger partial charge in [0.1, 0.15) is 17.2 Å². The molecule has 0 radical (unpaired) electrons. The Bertz CT molecular complexity index is 769. The predicted molar refractivity (Wildman–Crippen MR) is 101 cm³/mol. The fraction of sp³-hybridized carbons (Fsp3) is 0.300. The molecule has 7 heteroatoms. The van der Waals surface area contributed by atoms with Gasteiger partial charge in [-0.1, -0.05) is 18.2 Å². The van der Waals surface area contributed by atoms with Gasteiger partial charge in [0.15, 0.2) is 0 Å². The van der Waals surface area contributed by atoms with Crippen molar-refractivity contribution in [1.82, 2.24) is 10.9 Å². The zero-order valence-corrected chi connectivity index (χ0v) is 15.7. The molecule has 0 atom stereocenters. The van der Waals surface area contributed by atoms with Crippen LogP contribution >= 0.6 is 0 Å². The summed E-state index contributed by atoms with van der Waals surface area (Å²) < 4.78 is 15.8. The Morgan fingerprint density at radius 3 is 2.26 bits per heavy atom. The number of hydrazine groups is 1. The fourth-order valence-corrected chi connectivity index (χ4v) is 2.45. The molecule has 7 nitrogen and oxygen atoms in total. The number of aryl methyl sites for hydroxylation is 1. The summed E-state index contributed by atoms with van der Waals surface area (Å²) in [5.74, 6) is 0.969. The van der Waals surface area contributed by atoms with E-state index in [2.05, 4.69) is 10.9 Å². The van der Waals surface area contributed by atoms with E-state index in [1.807, 2.05) is 31.2 Å². The first-order valence-corrected chi connectivity index (χ1v) is 8.60. The van der Waals surface area contributed by atoms with Crippen LogP contribution < -0.4 is 25.1 Å². The summed E-state index contributed by atoms with van der Waals surface area (Å²) >= 11 is 0. The monoisotopic (exact) mass is 372 g/mol. The maximum Gasteiger partial charge on any atom is 0.269 e. The largest absolute Gasteiger partial charge is 0.497 e. The Hall–Kier alpha value is -3.22. The van der Waals surface area contributed by atoms with Gasteiger partial charge in [-0.2, -0.15) is 0 Å². The van der Waals surface area contributed by atoms with Crippen LogP contribution in [0.25, 0.3) is 0 Å². The number of benzene rings is 2. The van der Waals surface area contributed by atoms with Crippen molar-refractivity contribution >= 4 is 11.8 Å². The molecular formula is C20H24N2O5. The lowest BCUT2D eigenvalue weighted by atomic mass is 10.1. The first kappa shape index (κ1) is 20.1. The van der Waals surface area contributed by atoms with Gasteiger partial charge in [-0.15, -0.1) is 0 Å². The van der Waals surface area contributed by atoms with Gasteiger partial charge in [0, 0.05) is 18.1 Å². The van der Waals surface area contributed by atoms with Gasteiger partial charge in [0.25, 0.3) is 5.91 Å². The maximum atomic E-state index is 12.2. The van der Waals surface area contributed by atoms with Crippen LogP contribution in [0.2, 0.25) is 0 Å². The van der Waals surface area contributed by atoms with Gasteiger partial charge in [-0.3, -0.25) is 20.4 Å². The Balaban J connectivity index is 1.89. The van der Waals surface area contributed by atoms with E-state index in [0.29, 0.717) is 30.1 Å². The van der Waals surface area contributed by atoms with Crippen molar-refractivity contribution in [2.75, 3.05) is 20.8 Å². The number of rotatable bonds is 8. The Labute approximate surface area is 158 Å². The van der Waals surface area contributed by atoms with Crippen LogP contribution in [-0.4, -0.2) is 32.6 Å². The second-order valence-electron chi connectivity index (χ2n) is 5.64. The highest BCUT2D eigenvalue weighted by molar-refractivity contribution is 5.96. The van der Waals surface area contributed by atoms with E-state index in [9.17, 15) is 9.59 Å². The normalized spacial score (nSPS) is 10.0. The van der Waals surface area contributed by atoms with Gasteiger partial charge in [0.2, 0.25) is 5.91 Å². The van der Waals surface area contributed by atoms with E-state index in [1.165, 1.54) is 14.2 Å². The Morgan fingerprint density at radius 2 is 1.63 bits per heavy atom. The van der Waals surface area contributed by atoms with Crippen LogP contribution in [0.4, 0.5) is 0 Å². The molecule has 0 fully saturated rings. The summed E-state index contributed by atoms with van der Waals surface area (Å²) in [6, 6.07) is 12.3. The van der Waals surface area contributed by atoms with Crippen molar-refractivity contribution < 1.29 is 23.8 Å². The SMILES string of the molecule is CCOc1ccccc1CCC(=O)NNC(=O)c1cc(OC)cc(OC)c1. The molecule has 2 aromatic rings. The van der Waals surface area contributed by atoms with E-state index in [4.69, 9.17) is 14.2 Å². The number of para-hydroxylation sites is 1. The van der Waals surface area contributed by atoms with Gasteiger partial charge in [-0.05, 0) is 37.1 Å². The summed E-state index contributed by atoms with van der Waals surface area (Å²) in [7, 11) is 3.00. The maximum absolute atomic E-state index is 12.2. The average Bonchev–Trinajstić information content (AvgIpc) is 2.71. The summed E-state index contributed by atoms with van der Waals surface area (Å²) in [5, 5.41) is 0. The van der Waals surface area contributed by atoms with E-state index in [1.54, 1.807) is 18.2 Å². The molecule has 0 unspecified atom stereocenters. The smallest absolute Gasteiger partial charge is 0.269 e. The first-order valence-electron chi connectivity index (χ1n) is 8.60. The predicted octanol–water partition coefficient (Wildman–Crippen LogP) is 2.50. The molecule has 2 aromatic carbocycles. The molecule has 0 spiro atoms. The number of ether oxygens (including phenoxy) is 3. The van der Waals surface area contributed by atoms with Crippen LogP contribution in [0.15, 0.2) is 42.5 Å². The van der Waals surface area contributed by atoms with Crippen molar-refractivity contribution in [2.24, 2.45) is 0 Å². The van der Waals surface area contributed by atoms with Crippen LogP contribution in [0.1, 0.15) is 29.3 Å². The number of carbonyl (C=O) groups is 2. The summed E-state index contributed by atoms with van der Waals surface area (Å²) in [5.41, 5.74) is 6.07. The zero-order chi connectivity index (χ0) is 19.6. The lowest BCUT2D eigenvalue weighted by Gasteiger charge is -2.11. The molecule has 144 valence electrons. The minimum absolute atomic E-state index is 0.214. The number of hydrogen-bond acceptors (Lipinski definition) is 5. The molecule has 0 aliphatic rings. The van der Waals surface area contributed by atoms with Crippen molar-refractivity contribution in [2.45, 2.75) is 19.8 Å². The van der Waals surface area contributed by atoms with Gasteiger partial charge >= 0.3 is 0 Å². The molecule has 2 amide bonds. The van der Waals surface area contributed by atoms with E-state index in [-0.39, 0.29) is 12.3 Å². The minimum atomic E-state index is -0.463. The van der Waals surface area contributed by atoms with Crippen LogP contribution in [-0.2, 0) is 11.2 Å². The molecule has 0 heterocycles. The highest BCUT2D eigenvalue weighted by Crippen LogP contribution is 2.22. The minimum Gasteiger partial charge on any atom is -0.497 e. The molecule has 2 rings (SSSR count). The van der Waals surface area contributed by atoms with Crippen molar-refractivity contribution in [3.63, 3.8) is 0 Å². The summed E-state index contributed by atoms with van der Waals surface area (Å²) in [4.78, 5) is 24.3. The third-order valence-corrected chi connectivity index (χ3v) is 3.82. The third kappa shape index (κ3) is 5.91. The molecular weight excluding hydrogens is 348 g/mol. The average molecular weight is 372 g/mol. The highest BCUT2D eigenvalue weighted by Gasteiger charge is 2.12. The third-order valence-electron chi connectivity index (χ3n) is 3.82. The van der Waals surface area contributed by atoms with Crippen molar-refractivity contribution in [1.29, 1.82) is 0 Å². The summed E-state index contributed by atoms with van der Waals surface area (Å²) in [6.07, 6.45) is 0.719. The molecule has 27 heavy (non-hydrogen) atoms. The fourth-order valence-electron chi connectivity index (χ4n) is 2.45. The standard InChI is InChI=1S/C20H24N2O5/c1-4-27-18-8-6-5-7-14(18)9-10-19(23)21-22-20(24)15-11-16(25-2)13-17(12-15)26-3/h5-8,11-13H,4,9-10H2,1-3H3,(H,21,23)(H,22,24). The summed E-state index contributed by atoms with van der Waals surface area (Å²) in [6.45, 7) is 2.47. The van der Waals surface area contributed by atoms with Gasteiger partial charge in [-0.25, -0.2) is 0 Å². The molecule has 0 aliphatic heterocycles. The Kier molecular flexibility index (Phi) is 7.49. The molecule has 0 aromatic heterocycles. The molecule has 0 bridgehead atoms. The second-order valence-corrected chi connectivity index (χ2v) is 5.64. The number of nitrogens with one attached hydrogen (secondary N) is 2. The second kappa shape index (κ2) is 10.1. The van der Waals surface area contributed by atoms with Crippen LogP contribution in [0.3, 0.4) is 0 Å². The number of hydrogen-bond donors (Lipinski definition) is 2. The Morgan fingerprint density at radius 1 is 0.963 bits per heavy atom. The quantitative estimate of drug-likeness (QED) is 0.696. The molecule has 0 saturated carbocycles.